The quantitative estimate of drug-likeness (QED) is 0.882. The first kappa shape index (κ1) is 13.6. The van der Waals surface area contributed by atoms with Crippen molar-refractivity contribution in [3.05, 3.63) is 16.1 Å². The highest BCUT2D eigenvalue weighted by Gasteiger charge is 2.30. The number of hydrogen-bond donors (Lipinski definition) is 1. The fraction of sp³-hybridized carbons (Fsp3) is 0.750. The number of ether oxygens (including phenoxy) is 1. The lowest BCUT2D eigenvalue weighted by molar-refractivity contribution is -0.00166. The van der Waals surface area contributed by atoms with Gasteiger partial charge in [0.2, 0.25) is 0 Å². The smallest absolute Gasteiger partial charge is 0.0944 e. The van der Waals surface area contributed by atoms with E-state index in [1.807, 2.05) is 6.92 Å². The number of aromatic nitrogens is 1. The summed E-state index contributed by atoms with van der Waals surface area (Å²) in [5.41, 5.74) is 7.32. The van der Waals surface area contributed by atoms with Crippen LogP contribution in [-0.2, 0) is 11.2 Å². The molecule has 16 heavy (non-hydrogen) atoms. The molecule has 1 aromatic rings. The Labute approximate surface area is 102 Å². The van der Waals surface area contributed by atoms with E-state index in [0.29, 0.717) is 0 Å². The number of methoxy groups -OCH3 is 1. The van der Waals surface area contributed by atoms with E-state index in [1.165, 1.54) is 0 Å². The predicted molar refractivity (Wildman–Crippen MR) is 68.8 cm³/mol. The van der Waals surface area contributed by atoms with E-state index in [2.05, 4.69) is 31.1 Å². The van der Waals surface area contributed by atoms with E-state index >= 15 is 0 Å². The second kappa shape index (κ2) is 5.25. The molecule has 0 saturated carbocycles. The van der Waals surface area contributed by atoms with Crippen molar-refractivity contribution in [1.29, 1.82) is 0 Å². The van der Waals surface area contributed by atoms with Crippen LogP contribution < -0.4 is 5.73 Å². The van der Waals surface area contributed by atoms with Crippen LogP contribution in [0, 0.1) is 12.3 Å². The highest BCUT2D eigenvalue weighted by Crippen LogP contribution is 2.25. The minimum absolute atomic E-state index is 0.00412. The lowest BCUT2D eigenvalue weighted by Crippen LogP contribution is -2.46. The van der Waals surface area contributed by atoms with Crippen LogP contribution in [-0.4, -0.2) is 24.2 Å². The second-order valence-electron chi connectivity index (χ2n) is 5.27. The van der Waals surface area contributed by atoms with E-state index in [0.717, 1.165) is 17.1 Å². The largest absolute Gasteiger partial charge is 0.379 e. The summed E-state index contributed by atoms with van der Waals surface area (Å²) in [6, 6.07) is -0.00412. The maximum Gasteiger partial charge on any atom is 0.0944 e. The van der Waals surface area contributed by atoms with E-state index in [9.17, 15) is 0 Å². The van der Waals surface area contributed by atoms with Gasteiger partial charge >= 0.3 is 0 Å². The highest BCUT2D eigenvalue weighted by atomic mass is 32.1. The molecule has 2 atom stereocenters. The first-order chi connectivity index (χ1) is 7.34. The molecule has 3 nitrogen and oxygen atoms in total. The highest BCUT2D eigenvalue weighted by molar-refractivity contribution is 7.09. The molecule has 1 rings (SSSR count). The van der Waals surface area contributed by atoms with Crippen molar-refractivity contribution in [2.75, 3.05) is 7.11 Å². The molecule has 0 radical (unpaired) electrons. The minimum atomic E-state index is -0.00412. The third-order valence-electron chi connectivity index (χ3n) is 2.57. The normalized spacial score (nSPS) is 16.1. The van der Waals surface area contributed by atoms with Gasteiger partial charge < -0.3 is 10.5 Å². The molecule has 0 aliphatic rings. The Morgan fingerprint density at radius 3 is 2.50 bits per heavy atom. The zero-order valence-electron chi connectivity index (χ0n) is 10.8. The first-order valence-electron chi connectivity index (χ1n) is 5.54. The summed E-state index contributed by atoms with van der Waals surface area (Å²) in [7, 11) is 1.73. The summed E-state index contributed by atoms with van der Waals surface area (Å²) in [5, 5.41) is 3.15. The van der Waals surface area contributed by atoms with Gasteiger partial charge in [0.15, 0.2) is 0 Å². The van der Waals surface area contributed by atoms with Crippen LogP contribution in [0.2, 0.25) is 0 Å². The Bertz CT molecular complexity index is 330. The third kappa shape index (κ3) is 3.54. The standard InChI is InChI=1S/C12H22N2OS/c1-8-7-16-10(14-8)6-9(13)11(15-5)12(2,3)4/h7,9,11H,6,13H2,1-5H3. The van der Waals surface area contributed by atoms with Crippen LogP contribution in [0.25, 0.3) is 0 Å². The van der Waals surface area contributed by atoms with Gasteiger partial charge in [-0.2, -0.15) is 0 Å². The minimum Gasteiger partial charge on any atom is -0.379 e. The zero-order valence-corrected chi connectivity index (χ0v) is 11.6. The predicted octanol–water partition coefficient (Wildman–Crippen LogP) is 2.38. The number of nitrogens with zero attached hydrogens (tertiary/aromatic N) is 1. The second-order valence-corrected chi connectivity index (χ2v) is 6.22. The molecule has 0 bridgehead atoms. The summed E-state index contributed by atoms with van der Waals surface area (Å²) in [4.78, 5) is 4.43. The fourth-order valence-electron chi connectivity index (χ4n) is 1.98. The van der Waals surface area contributed by atoms with Crippen molar-refractivity contribution in [1.82, 2.24) is 4.98 Å². The average molecular weight is 242 g/mol. The number of aryl methyl sites for hydroxylation is 1. The number of nitrogens with two attached hydrogens (primary N) is 1. The molecular formula is C12H22N2OS. The number of hydrogen-bond acceptors (Lipinski definition) is 4. The van der Waals surface area contributed by atoms with E-state index in [4.69, 9.17) is 10.5 Å². The van der Waals surface area contributed by atoms with Gasteiger partial charge in [0.05, 0.1) is 11.1 Å². The topological polar surface area (TPSA) is 48.1 Å². The van der Waals surface area contributed by atoms with Crippen LogP contribution in [0.15, 0.2) is 5.38 Å². The molecule has 0 fully saturated rings. The van der Waals surface area contributed by atoms with E-state index in [1.54, 1.807) is 18.4 Å². The van der Waals surface area contributed by atoms with E-state index < -0.39 is 0 Å². The van der Waals surface area contributed by atoms with Gasteiger partial charge in [0.25, 0.3) is 0 Å². The van der Waals surface area contributed by atoms with Gasteiger partial charge in [0, 0.05) is 30.6 Å². The van der Waals surface area contributed by atoms with Crippen molar-refractivity contribution < 1.29 is 4.74 Å². The summed E-state index contributed by atoms with van der Waals surface area (Å²) >= 11 is 1.67. The average Bonchev–Trinajstić information content (AvgIpc) is 2.49. The molecule has 2 unspecified atom stereocenters. The molecule has 0 amide bonds. The maximum absolute atomic E-state index is 6.20. The Hall–Kier alpha value is -0.450. The van der Waals surface area contributed by atoms with Crippen molar-refractivity contribution in [3.63, 3.8) is 0 Å². The van der Waals surface area contributed by atoms with Crippen LogP contribution in [0.3, 0.4) is 0 Å². The summed E-state index contributed by atoms with van der Waals surface area (Å²) in [5.74, 6) is 0. The Morgan fingerprint density at radius 2 is 2.12 bits per heavy atom. The molecule has 0 aliphatic heterocycles. The molecular weight excluding hydrogens is 220 g/mol. The van der Waals surface area contributed by atoms with Crippen molar-refractivity contribution in [2.24, 2.45) is 11.1 Å². The van der Waals surface area contributed by atoms with E-state index in [-0.39, 0.29) is 17.6 Å². The Morgan fingerprint density at radius 1 is 1.50 bits per heavy atom. The lowest BCUT2D eigenvalue weighted by atomic mass is 9.84. The summed E-state index contributed by atoms with van der Waals surface area (Å²) in [6.45, 7) is 8.44. The molecule has 92 valence electrons. The fourth-order valence-corrected chi connectivity index (χ4v) is 2.82. The van der Waals surface area contributed by atoms with Crippen molar-refractivity contribution in [3.8, 4) is 0 Å². The third-order valence-corrected chi connectivity index (χ3v) is 3.56. The molecule has 0 aliphatic carbocycles. The SMILES string of the molecule is COC(C(N)Cc1nc(C)cs1)C(C)(C)C. The molecule has 1 aromatic heterocycles. The zero-order chi connectivity index (χ0) is 12.3. The molecule has 0 aromatic carbocycles. The molecule has 0 saturated heterocycles. The van der Waals surface area contributed by atoms with Gasteiger partial charge in [0.1, 0.15) is 0 Å². The van der Waals surface area contributed by atoms with Gasteiger partial charge in [-0.25, -0.2) is 4.98 Å². The molecule has 4 heteroatoms. The number of thiazole rings is 1. The Balaban J connectivity index is 2.66. The lowest BCUT2D eigenvalue weighted by Gasteiger charge is -2.33. The summed E-state index contributed by atoms with van der Waals surface area (Å²) in [6.07, 6.45) is 0.839. The Kier molecular flexibility index (Phi) is 4.47. The van der Waals surface area contributed by atoms with Gasteiger partial charge in [-0.3, -0.25) is 0 Å². The molecule has 2 N–H and O–H groups in total. The van der Waals surface area contributed by atoms with Crippen LogP contribution in [0.4, 0.5) is 0 Å². The van der Waals surface area contributed by atoms with Gasteiger partial charge in [-0.1, -0.05) is 20.8 Å². The monoisotopic (exact) mass is 242 g/mol. The van der Waals surface area contributed by atoms with Crippen molar-refractivity contribution in [2.45, 2.75) is 46.3 Å². The number of rotatable bonds is 4. The van der Waals surface area contributed by atoms with Gasteiger partial charge in [-0.05, 0) is 12.3 Å². The summed E-state index contributed by atoms with van der Waals surface area (Å²) < 4.78 is 5.51. The van der Waals surface area contributed by atoms with Crippen LogP contribution in [0.5, 0.6) is 0 Å². The van der Waals surface area contributed by atoms with Crippen LogP contribution >= 0.6 is 11.3 Å². The van der Waals surface area contributed by atoms with Crippen molar-refractivity contribution >= 4 is 11.3 Å². The van der Waals surface area contributed by atoms with Gasteiger partial charge in [-0.15, -0.1) is 11.3 Å². The molecule has 1 heterocycles. The van der Waals surface area contributed by atoms with Crippen LogP contribution in [0.1, 0.15) is 31.5 Å². The molecule has 0 spiro atoms. The first-order valence-corrected chi connectivity index (χ1v) is 6.42. The maximum atomic E-state index is 6.20.